The molecule has 4 nitrogen and oxygen atoms in total. The third kappa shape index (κ3) is 4.92. The predicted molar refractivity (Wildman–Crippen MR) is 76.6 cm³/mol. The second kappa shape index (κ2) is 6.90. The Hall–Kier alpha value is -0.340. The number of nitrogens with zero attached hydrogens (tertiary/aromatic N) is 2. The van der Waals surface area contributed by atoms with Crippen LogP contribution in [-0.2, 0) is 0 Å². The first-order valence-corrected chi connectivity index (χ1v) is 6.89. The molecular formula is C13H19BrIN3O. The lowest BCUT2D eigenvalue weighted by molar-refractivity contribution is -0.894. The Labute approximate surface area is 139 Å². The van der Waals surface area contributed by atoms with E-state index in [1.54, 1.807) is 0 Å². The normalized spacial score (nSPS) is 17.5. The summed E-state index contributed by atoms with van der Waals surface area (Å²) in [6.45, 7) is 3.64. The lowest BCUT2D eigenvalue weighted by Gasteiger charge is -2.38. The number of rotatable bonds is 1. The first-order valence-electron chi connectivity index (χ1n) is 6.10. The van der Waals surface area contributed by atoms with Gasteiger partial charge in [-0.1, -0.05) is 22.0 Å². The van der Waals surface area contributed by atoms with Crippen LogP contribution in [0.5, 0.6) is 0 Å². The van der Waals surface area contributed by atoms with Gasteiger partial charge in [0.25, 0.3) is 0 Å². The summed E-state index contributed by atoms with van der Waals surface area (Å²) in [7, 11) is 4.40. The number of benzene rings is 1. The summed E-state index contributed by atoms with van der Waals surface area (Å²) in [6, 6.07) is 7.65. The third-order valence-electron chi connectivity index (χ3n) is 3.31. The largest absolute Gasteiger partial charge is 1.00 e. The fraction of sp³-hybridized carbons (Fsp3) is 0.462. The molecule has 1 aliphatic heterocycles. The quantitative estimate of drug-likeness (QED) is 0.459. The number of carbonyl (C=O) groups excluding carboxylic acids is 1. The summed E-state index contributed by atoms with van der Waals surface area (Å²) in [5.41, 5.74) is 0.827. The summed E-state index contributed by atoms with van der Waals surface area (Å²) in [5, 5.41) is 2.93. The highest BCUT2D eigenvalue weighted by molar-refractivity contribution is 9.10. The van der Waals surface area contributed by atoms with Gasteiger partial charge in [-0.25, -0.2) is 4.79 Å². The van der Waals surface area contributed by atoms with Crippen LogP contribution in [-0.4, -0.2) is 55.7 Å². The predicted octanol–water partition coefficient (Wildman–Crippen LogP) is -0.623. The van der Waals surface area contributed by atoms with E-state index in [9.17, 15) is 4.79 Å². The Bertz CT molecular complexity index is 443. The Balaban J connectivity index is 0.00000180. The van der Waals surface area contributed by atoms with E-state index >= 15 is 0 Å². The summed E-state index contributed by atoms with van der Waals surface area (Å²) < 4.78 is 1.96. The van der Waals surface area contributed by atoms with Crippen molar-refractivity contribution in [1.29, 1.82) is 0 Å². The molecule has 0 spiro atoms. The third-order valence-corrected chi connectivity index (χ3v) is 3.81. The zero-order chi connectivity index (χ0) is 13.2. The Morgan fingerprint density at radius 1 is 1.32 bits per heavy atom. The summed E-state index contributed by atoms with van der Waals surface area (Å²) in [5.74, 6) is 0. The van der Waals surface area contributed by atoms with Crippen molar-refractivity contribution in [3.63, 3.8) is 0 Å². The Morgan fingerprint density at radius 3 is 2.53 bits per heavy atom. The summed E-state index contributed by atoms with van der Waals surface area (Å²) >= 11 is 3.40. The molecule has 1 aromatic rings. The van der Waals surface area contributed by atoms with E-state index < -0.39 is 0 Å². The van der Waals surface area contributed by atoms with E-state index in [4.69, 9.17) is 0 Å². The number of hydrogen-bond donors (Lipinski definition) is 1. The van der Waals surface area contributed by atoms with E-state index in [0.717, 1.165) is 40.8 Å². The van der Waals surface area contributed by atoms with Crippen LogP contribution in [0.15, 0.2) is 28.7 Å². The molecule has 1 fully saturated rings. The molecule has 0 atom stereocenters. The van der Waals surface area contributed by atoms with Crippen LogP contribution in [0.4, 0.5) is 10.5 Å². The van der Waals surface area contributed by atoms with Gasteiger partial charge in [0.1, 0.15) is 0 Å². The maximum atomic E-state index is 12.1. The van der Waals surface area contributed by atoms with Crippen LogP contribution < -0.4 is 29.3 Å². The van der Waals surface area contributed by atoms with Crippen molar-refractivity contribution in [1.82, 2.24) is 4.90 Å². The molecule has 0 saturated carbocycles. The minimum absolute atomic E-state index is 0. The highest BCUT2D eigenvalue weighted by Crippen LogP contribution is 2.16. The van der Waals surface area contributed by atoms with Crippen LogP contribution in [0.3, 0.4) is 0 Å². The van der Waals surface area contributed by atoms with Crippen molar-refractivity contribution >= 4 is 27.6 Å². The number of carbonyl (C=O) groups is 1. The zero-order valence-electron chi connectivity index (χ0n) is 11.2. The van der Waals surface area contributed by atoms with E-state index in [1.165, 1.54) is 0 Å². The molecule has 0 bridgehead atoms. The maximum absolute atomic E-state index is 12.1. The van der Waals surface area contributed by atoms with Gasteiger partial charge in [0.2, 0.25) is 0 Å². The van der Waals surface area contributed by atoms with Gasteiger partial charge in [-0.2, -0.15) is 0 Å². The molecule has 0 radical (unpaired) electrons. The highest BCUT2D eigenvalue weighted by Gasteiger charge is 2.27. The number of amides is 2. The average molecular weight is 440 g/mol. The molecule has 1 heterocycles. The van der Waals surface area contributed by atoms with E-state index in [2.05, 4.69) is 35.3 Å². The van der Waals surface area contributed by atoms with Gasteiger partial charge in [0, 0.05) is 10.2 Å². The fourth-order valence-electron chi connectivity index (χ4n) is 1.98. The number of quaternary nitrogens is 1. The number of nitrogens with one attached hydrogen (secondary N) is 1. The van der Waals surface area contributed by atoms with Crippen LogP contribution >= 0.6 is 15.9 Å². The van der Waals surface area contributed by atoms with E-state index in [0.29, 0.717) is 0 Å². The summed E-state index contributed by atoms with van der Waals surface area (Å²) in [4.78, 5) is 14.0. The van der Waals surface area contributed by atoms with Crippen molar-refractivity contribution in [2.75, 3.05) is 45.6 Å². The second-order valence-corrected chi connectivity index (χ2v) is 6.23. The maximum Gasteiger partial charge on any atom is 0.322 e. The molecule has 0 aliphatic carbocycles. The van der Waals surface area contributed by atoms with Gasteiger partial charge in [-0.15, -0.1) is 0 Å². The topological polar surface area (TPSA) is 32.3 Å². The van der Waals surface area contributed by atoms with Crippen LogP contribution in [0, 0.1) is 0 Å². The van der Waals surface area contributed by atoms with Crippen molar-refractivity contribution in [2.24, 2.45) is 0 Å². The minimum Gasteiger partial charge on any atom is -1.00 e. The lowest BCUT2D eigenvalue weighted by Crippen LogP contribution is -3.00. The minimum atomic E-state index is -0.00667. The number of halogens is 2. The monoisotopic (exact) mass is 439 g/mol. The molecule has 0 aromatic heterocycles. The number of urea groups is 1. The number of likely N-dealkylation sites (N-methyl/N-ethyl adjacent to an activating group) is 1. The van der Waals surface area contributed by atoms with Gasteiger partial charge in [0.05, 0.1) is 40.3 Å². The van der Waals surface area contributed by atoms with E-state index in [1.807, 2.05) is 29.2 Å². The van der Waals surface area contributed by atoms with Gasteiger partial charge >= 0.3 is 6.03 Å². The number of anilines is 1. The van der Waals surface area contributed by atoms with Gasteiger partial charge < -0.3 is 38.7 Å². The van der Waals surface area contributed by atoms with E-state index in [-0.39, 0.29) is 30.0 Å². The lowest BCUT2D eigenvalue weighted by atomic mass is 10.3. The smallest absolute Gasteiger partial charge is 0.322 e. The Kier molecular flexibility index (Phi) is 6.07. The highest BCUT2D eigenvalue weighted by atomic mass is 127. The molecule has 1 saturated heterocycles. The number of hydrogen-bond acceptors (Lipinski definition) is 1. The molecule has 106 valence electrons. The SMILES string of the molecule is C[N+]1(C)CCN(C(=O)Nc2cccc(Br)c2)CC1.[I-]. The van der Waals surface area contributed by atoms with Crippen LogP contribution in [0.1, 0.15) is 0 Å². The molecule has 6 heteroatoms. The Morgan fingerprint density at radius 2 is 1.95 bits per heavy atom. The molecular weight excluding hydrogens is 421 g/mol. The summed E-state index contributed by atoms with van der Waals surface area (Å²) in [6.07, 6.45) is 0. The first kappa shape index (κ1) is 16.7. The molecule has 1 N–H and O–H groups in total. The first-order chi connectivity index (χ1) is 8.46. The van der Waals surface area contributed by atoms with Crippen molar-refractivity contribution in [2.45, 2.75) is 0 Å². The zero-order valence-corrected chi connectivity index (χ0v) is 14.9. The molecule has 2 rings (SSSR count). The molecule has 2 amide bonds. The van der Waals surface area contributed by atoms with Gasteiger partial charge in [0.15, 0.2) is 0 Å². The van der Waals surface area contributed by atoms with Crippen molar-refractivity contribution < 1.29 is 33.3 Å². The fourth-order valence-corrected chi connectivity index (χ4v) is 2.38. The molecule has 1 aromatic carbocycles. The van der Waals surface area contributed by atoms with Crippen LogP contribution in [0.25, 0.3) is 0 Å². The van der Waals surface area contributed by atoms with Gasteiger partial charge in [-0.3, -0.25) is 0 Å². The standard InChI is InChI=1S/C13H18BrN3O.HI/c1-17(2)8-6-16(7-9-17)13(18)15-12-5-3-4-11(14)10-12;/h3-5,10H,6-9H2,1-2H3;1H. The molecule has 19 heavy (non-hydrogen) atoms. The van der Waals surface area contributed by atoms with Crippen molar-refractivity contribution in [3.05, 3.63) is 28.7 Å². The number of piperazine rings is 1. The molecule has 1 aliphatic rings. The van der Waals surface area contributed by atoms with Crippen molar-refractivity contribution in [3.8, 4) is 0 Å². The van der Waals surface area contributed by atoms with Crippen LogP contribution in [0.2, 0.25) is 0 Å². The molecule has 0 unspecified atom stereocenters. The second-order valence-electron chi connectivity index (χ2n) is 5.31. The average Bonchev–Trinajstić information content (AvgIpc) is 2.28. The van der Waals surface area contributed by atoms with Gasteiger partial charge in [-0.05, 0) is 18.2 Å².